The maximum absolute atomic E-state index is 6.05. The van der Waals surface area contributed by atoms with Gasteiger partial charge in [0, 0.05) is 16.6 Å². The molecule has 0 aliphatic carbocycles. The monoisotopic (exact) mass is 267 g/mol. The van der Waals surface area contributed by atoms with E-state index in [0.29, 0.717) is 6.61 Å². The minimum absolute atomic E-state index is 0.221. The van der Waals surface area contributed by atoms with E-state index in [2.05, 4.69) is 32.7 Å². The first-order valence-electron chi connectivity index (χ1n) is 6.40. The molecule has 18 heavy (non-hydrogen) atoms. The van der Waals surface area contributed by atoms with Crippen LogP contribution in [-0.4, -0.2) is 13.2 Å². The van der Waals surface area contributed by atoms with Gasteiger partial charge in [0.15, 0.2) is 0 Å². The second-order valence-electron chi connectivity index (χ2n) is 4.35. The zero-order valence-corrected chi connectivity index (χ0v) is 12.2. The van der Waals surface area contributed by atoms with Crippen molar-refractivity contribution in [3.63, 3.8) is 0 Å². The van der Waals surface area contributed by atoms with Crippen molar-refractivity contribution in [1.82, 2.24) is 5.32 Å². The summed E-state index contributed by atoms with van der Waals surface area (Å²) in [4.78, 5) is 0. The number of hydrogen-bond donors (Lipinski definition) is 1. The van der Waals surface area contributed by atoms with Crippen LogP contribution < -0.4 is 10.1 Å². The lowest BCUT2D eigenvalue weighted by Gasteiger charge is -2.18. The fraction of sp³-hybridized carbons (Fsp3) is 0.467. The van der Waals surface area contributed by atoms with Crippen molar-refractivity contribution in [3.8, 4) is 5.75 Å². The Morgan fingerprint density at radius 2 is 2.17 bits per heavy atom. The Hall–Kier alpha value is -0.990. The summed E-state index contributed by atoms with van der Waals surface area (Å²) in [6.45, 7) is 11.7. The molecule has 2 nitrogen and oxygen atoms in total. The summed E-state index contributed by atoms with van der Waals surface area (Å²) in [5, 5.41) is 4.10. The van der Waals surface area contributed by atoms with Crippen molar-refractivity contribution in [1.29, 1.82) is 0 Å². The highest BCUT2D eigenvalue weighted by molar-refractivity contribution is 6.30. The zero-order valence-electron chi connectivity index (χ0n) is 11.4. The highest BCUT2D eigenvalue weighted by Gasteiger charge is 2.11. The minimum Gasteiger partial charge on any atom is -0.489 e. The van der Waals surface area contributed by atoms with Gasteiger partial charge in [0.1, 0.15) is 12.4 Å². The van der Waals surface area contributed by atoms with Crippen molar-refractivity contribution < 1.29 is 4.74 Å². The van der Waals surface area contributed by atoms with Crippen molar-refractivity contribution in [2.24, 2.45) is 0 Å². The van der Waals surface area contributed by atoms with E-state index in [9.17, 15) is 0 Å². The van der Waals surface area contributed by atoms with Gasteiger partial charge in [-0.1, -0.05) is 32.0 Å². The molecule has 1 unspecified atom stereocenters. The topological polar surface area (TPSA) is 21.3 Å². The molecular formula is C15H22ClNO. The van der Waals surface area contributed by atoms with E-state index >= 15 is 0 Å². The Kier molecular flexibility index (Phi) is 6.23. The maximum atomic E-state index is 6.05. The van der Waals surface area contributed by atoms with Crippen LogP contribution in [0.4, 0.5) is 0 Å². The van der Waals surface area contributed by atoms with E-state index in [0.717, 1.165) is 34.9 Å². The molecule has 0 aliphatic heterocycles. The Morgan fingerprint density at radius 3 is 2.78 bits per heavy atom. The minimum atomic E-state index is 0.221. The summed E-state index contributed by atoms with van der Waals surface area (Å²) in [5.74, 6) is 0.877. The van der Waals surface area contributed by atoms with Gasteiger partial charge in [-0.2, -0.15) is 0 Å². The van der Waals surface area contributed by atoms with Crippen LogP contribution in [0.15, 0.2) is 30.4 Å². The van der Waals surface area contributed by atoms with Gasteiger partial charge < -0.3 is 10.1 Å². The van der Waals surface area contributed by atoms with Crippen LogP contribution >= 0.6 is 11.6 Å². The molecule has 0 fully saturated rings. The molecule has 0 aliphatic rings. The lowest BCUT2D eigenvalue weighted by molar-refractivity contribution is 0.341. The third-order valence-corrected chi connectivity index (χ3v) is 3.12. The van der Waals surface area contributed by atoms with Crippen LogP contribution in [0, 0.1) is 0 Å². The average Bonchev–Trinajstić information content (AvgIpc) is 2.37. The highest BCUT2D eigenvalue weighted by Crippen LogP contribution is 2.28. The molecule has 1 rings (SSSR count). The van der Waals surface area contributed by atoms with Gasteiger partial charge in [-0.25, -0.2) is 0 Å². The van der Waals surface area contributed by atoms with Gasteiger partial charge in [-0.3, -0.25) is 0 Å². The van der Waals surface area contributed by atoms with Gasteiger partial charge in [-0.15, -0.1) is 0 Å². The number of nitrogens with one attached hydrogen (secondary N) is 1. The van der Waals surface area contributed by atoms with Crippen LogP contribution in [0.3, 0.4) is 0 Å². The molecule has 1 atom stereocenters. The summed E-state index contributed by atoms with van der Waals surface area (Å²) in [6, 6.07) is 5.96. The summed E-state index contributed by atoms with van der Waals surface area (Å²) >= 11 is 6.05. The van der Waals surface area contributed by atoms with E-state index in [-0.39, 0.29) is 6.04 Å². The van der Waals surface area contributed by atoms with E-state index in [1.54, 1.807) is 0 Å². The lowest BCUT2D eigenvalue weighted by Crippen LogP contribution is -2.18. The first kappa shape index (κ1) is 15.1. The largest absolute Gasteiger partial charge is 0.489 e. The molecule has 0 spiro atoms. The molecule has 0 saturated carbocycles. The third kappa shape index (κ3) is 4.35. The highest BCUT2D eigenvalue weighted by atomic mass is 35.5. The van der Waals surface area contributed by atoms with Crippen LogP contribution in [0.5, 0.6) is 5.75 Å². The van der Waals surface area contributed by atoms with Gasteiger partial charge in [-0.05, 0) is 43.7 Å². The predicted octanol–water partition coefficient (Wildman–Crippen LogP) is 4.36. The molecule has 0 saturated heterocycles. The fourth-order valence-corrected chi connectivity index (χ4v) is 1.87. The number of halogens is 1. The first-order valence-corrected chi connectivity index (χ1v) is 6.78. The van der Waals surface area contributed by atoms with Crippen molar-refractivity contribution in [3.05, 3.63) is 40.9 Å². The normalized spacial score (nSPS) is 12.2. The SMILES string of the molecule is C=C(CC)COc1ccc(Cl)cc1C(C)NCC. The molecule has 1 N–H and O–H groups in total. The molecule has 3 heteroatoms. The van der Waals surface area contributed by atoms with E-state index in [1.165, 1.54) is 0 Å². The van der Waals surface area contributed by atoms with Crippen LogP contribution in [0.2, 0.25) is 5.02 Å². The smallest absolute Gasteiger partial charge is 0.124 e. The van der Waals surface area contributed by atoms with E-state index in [4.69, 9.17) is 16.3 Å². The second kappa shape index (κ2) is 7.45. The average molecular weight is 268 g/mol. The Labute approximate surface area is 115 Å². The Balaban J connectivity index is 2.85. The lowest BCUT2D eigenvalue weighted by atomic mass is 10.1. The first-order chi connectivity index (χ1) is 8.58. The van der Waals surface area contributed by atoms with Crippen LogP contribution in [-0.2, 0) is 0 Å². The number of benzene rings is 1. The molecule has 0 bridgehead atoms. The van der Waals surface area contributed by atoms with Crippen molar-refractivity contribution >= 4 is 11.6 Å². The van der Waals surface area contributed by atoms with Gasteiger partial charge in [0.25, 0.3) is 0 Å². The van der Waals surface area contributed by atoms with Gasteiger partial charge >= 0.3 is 0 Å². The quantitative estimate of drug-likeness (QED) is 0.742. The van der Waals surface area contributed by atoms with Crippen LogP contribution in [0.1, 0.15) is 38.8 Å². The molecule has 0 radical (unpaired) electrons. The zero-order chi connectivity index (χ0) is 13.5. The Morgan fingerprint density at radius 1 is 1.44 bits per heavy atom. The summed E-state index contributed by atoms with van der Waals surface area (Å²) in [6.07, 6.45) is 0.936. The summed E-state index contributed by atoms with van der Waals surface area (Å²) < 4.78 is 5.81. The van der Waals surface area contributed by atoms with Crippen LogP contribution in [0.25, 0.3) is 0 Å². The number of ether oxygens (including phenoxy) is 1. The maximum Gasteiger partial charge on any atom is 0.124 e. The second-order valence-corrected chi connectivity index (χ2v) is 4.79. The van der Waals surface area contributed by atoms with Gasteiger partial charge in [0.05, 0.1) is 0 Å². The predicted molar refractivity (Wildman–Crippen MR) is 78.5 cm³/mol. The fourth-order valence-electron chi connectivity index (χ4n) is 1.69. The van der Waals surface area contributed by atoms with E-state index < -0.39 is 0 Å². The van der Waals surface area contributed by atoms with E-state index in [1.807, 2.05) is 18.2 Å². The van der Waals surface area contributed by atoms with Crippen molar-refractivity contribution in [2.45, 2.75) is 33.2 Å². The molecule has 1 aromatic carbocycles. The summed E-state index contributed by atoms with van der Waals surface area (Å²) in [7, 11) is 0. The molecule has 0 amide bonds. The third-order valence-electron chi connectivity index (χ3n) is 2.88. The Bertz CT molecular complexity index is 403. The van der Waals surface area contributed by atoms with Gasteiger partial charge in [0.2, 0.25) is 0 Å². The van der Waals surface area contributed by atoms with Crippen molar-refractivity contribution in [2.75, 3.05) is 13.2 Å². The standard InChI is InChI=1S/C15H22ClNO/c1-5-11(3)10-18-15-8-7-13(16)9-14(15)12(4)17-6-2/h7-9,12,17H,3,5-6,10H2,1-2,4H3. The number of hydrogen-bond acceptors (Lipinski definition) is 2. The summed E-state index contributed by atoms with van der Waals surface area (Å²) in [5.41, 5.74) is 2.18. The molecule has 1 aromatic rings. The molecule has 100 valence electrons. The molecular weight excluding hydrogens is 246 g/mol. The molecule has 0 heterocycles. The molecule has 0 aromatic heterocycles. The number of rotatable bonds is 7.